The Bertz CT molecular complexity index is 778. The number of nitrogens with zero attached hydrogens (tertiary/aromatic N) is 5. The first-order valence-corrected chi connectivity index (χ1v) is 9.89. The first-order chi connectivity index (χ1) is 13.1. The zero-order chi connectivity index (χ0) is 18.8. The number of aromatic nitrogens is 3. The fraction of sp³-hybridized carbons (Fsp3) is 0.550. The standard InChI is InChI=1S/C20H28N6O/c1-15-6-9-24(10-7-15)18-4-2-16(3-5-18)20(27)25-11-8-19(14-25)26-13-17(12-21)22-23-26/h2-5,13,15,19H,6-12,14,21H2,1H3. The van der Waals surface area contributed by atoms with Gasteiger partial charge in [0.05, 0.1) is 17.9 Å². The number of carbonyl (C=O) groups excluding carboxylic acids is 1. The van der Waals surface area contributed by atoms with Gasteiger partial charge in [0.2, 0.25) is 0 Å². The van der Waals surface area contributed by atoms with Crippen molar-refractivity contribution in [1.82, 2.24) is 19.9 Å². The molecule has 1 amide bonds. The highest BCUT2D eigenvalue weighted by Crippen LogP contribution is 2.25. The minimum absolute atomic E-state index is 0.0930. The van der Waals surface area contributed by atoms with Gasteiger partial charge in [0.15, 0.2) is 0 Å². The Hall–Kier alpha value is -2.41. The summed E-state index contributed by atoms with van der Waals surface area (Å²) in [4.78, 5) is 17.2. The van der Waals surface area contributed by atoms with Crippen molar-refractivity contribution < 1.29 is 4.79 Å². The molecule has 1 unspecified atom stereocenters. The zero-order valence-electron chi connectivity index (χ0n) is 15.9. The van der Waals surface area contributed by atoms with E-state index in [9.17, 15) is 4.79 Å². The van der Waals surface area contributed by atoms with E-state index in [1.807, 2.05) is 27.9 Å². The first kappa shape index (κ1) is 18.0. The summed E-state index contributed by atoms with van der Waals surface area (Å²) in [6, 6.07) is 8.27. The van der Waals surface area contributed by atoms with E-state index in [2.05, 4.69) is 34.3 Å². The molecule has 2 fully saturated rings. The molecule has 3 heterocycles. The molecule has 2 saturated heterocycles. The molecule has 0 saturated carbocycles. The number of hydrogen-bond donors (Lipinski definition) is 1. The number of amides is 1. The number of nitrogens with two attached hydrogens (primary N) is 1. The molecule has 2 aliphatic heterocycles. The highest BCUT2D eigenvalue weighted by Gasteiger charge is 2.29. The smallest absolute Gasteiger partial charge is 0.253 e. The summed E-state index contributed by atoms with van der Waals surface area (Å²) in [7, 11) is 0. The van der Waals surface area contributed by atoms with Crippen molar-refractivity contribution >= 4 is 11.6 Å². The third kappa shape index (κ3) is 3.83. The van der Waals surface area contributed by atoms with Crippen LogP contribution in [0.25, 0.3) is 0 Å². The topological polar surface area (TPSA) is 80.3 Å². The van der Waals surface area contributed by atoms with Gasteiger partial charge in [-0.15, -0.1) is 5.10 Å². The molecular formula is C20H28N6O. The number of anilines is 1. The van der Waals surface area contributed by atoms with Crippen LogP contribution in [0.1, 0.15) is 48.3 Å². The Balaban J connectivity index is 1.38. The number of benzene rings is 1. The molecule has 7 nitrogen and oxygen atoms in total. The van der Waals surface area contributed by atoms with Crippen LogP contribution in [0.5, 0.6) is 0 Å². The van der Waals surface area contributed by atoms with E-state index in [1.54, 1.807) is 0 Å². The molecule has 144 valence electrons. The third-order valence-electron chi connectivity index (χ3n) is 5.85. The van der Waals surface area contributed by atoms with E-state index in [1.165, 1.54) is 18.5 Å². The maximum atomic E-state index is 12.9. The monoisotopic (exact) mass is 368 g/mol. The zero-order valence-corrected chi connectivity index (χ0v) is 15.9. The van der Waals surface area contributed by atoms with Crippen LogP contribution >= 0.6 is 0 Å². The van der Waals surface area contributed by atoms with Crippen molar-refractivity contribution in [1.29, 1.82) is 0 Å². The fourth-order valence-electron chi connectivity index (χ4n) is 3.99. The third-order valence-corrected chi connectivity index (χ3v) is 5.85. The van der Waals surface area contributed by atoms with Crippen LogP contribution in [0, 0.1) is 5.92 Å². The van der Waals surface area contributed by atoms with Gasteiger partial charge in [-0.1, -0.05) is 12.1 Å². The Morgan fingerprint density at radius 1 is 1.15 bits per heavy atom. The summed E-state index contributed by atoms with van der Waals surface area (Å²) in [6.45, 7) is 6.32. The van der Waals surface area contributed by atoms with Gasteiger partial charge < -0.3 is 15.5 Å². The van der Waals surface area contributed by atoms with Crippen molar-refractivity contribution in [3.63, 3.8) is 0 Å². The highest BCUT2D eigenvalue weighted by atomic mass is 16.2. The van der Waals surface area contributed by atoms with Crippen LogP contribution in [0.3, 0.4) is 0 Å². The molecule has 7 heteroatoms. The molecule has 0 spiro atoms. The summed E-state index contributed by atoms with van der Waals surface area (Å²) in [5, 5.41) is 8.19. The van der Waals surface area contributed by atoms with E-state index in [0.29, 0.717) is 13.1 Å². The summed E-state index contributed by atoms with van der Waals surface area (Å²) in [5.41, 5.74) is 8.36. The lowest BCUT2D eigenvalue weighted by molar-refractivity contribution is 0.0787. The van der Waals surface area contributed by atoms with E-state index in [-0.39, 0.29) is 11.9 Å². The number of hydrogen-bond acceptors (Lipinski definition) is 5. The Morgan fingerprint density at radius 2 is 1.89 bits per heavy atom. The normalized spacial score (nSPS) is 21.0. The average Bonchev–Trinajstić information content (AvgIpc) is 3.37. The predicted octanol–water partition coefficient (Wildman–Crippen LogP) is 2.06. The van der Waals surface area contributed by atoms with E-state index in [4.69, 9.17) is 5.73 Å². The fourth-order valence-corrected chi connectivity index (χ4v) is 3.99. The van der Waals surface area contributed by atoms with Gasteiger partial charge in [-0.05, 0) is 49.4 Å². The number of piperidine rings is 1. The number of carbonyl (C=O) groups is 1. The Labute approximate surface area is 160 Å². The second-order valence-corrected chi connectivity index (χ2v) is 7.80. The number of likely N-dealkylation sites (tertiary alicyclic amines) is 1. The number of rotatable bonds is 4. The van der Waals surface area contributed by atoms with Crippen molar-refractivity contribution in [2.45, 2.75) is 38.8 Å². The molecule has 27 heavy (non-hydrogen) atoms. The lowest BCUT2D eigenvalue weighted by Gasteiger charge is -2.32. The van der Waals surface area contributed by atoms with Crippen LogP contribution < -0.4 is 10.6 Å². The maximum Gasteiger partial charge on any atom is 0.253 e. The van der Waals surface area contributed by atoms with Crippen LogP contribution in [0.2, 0.25) is 0 Å². The minimum Gasteiger partial charge on any atom is -0.372 e. The quantitative estimate of drug-likeness (QED) is 0.893. The van der Waals surface area contributed by atoms with E-state index in [0.717, 1.165) is 43.2 Å². The molecule has 1 aromatic heterocycles. The van der Waals surface area contributed by atoms with Gasteiger partial charge in [0.1, 0.15) is 0 Å². The van der Waals surface area contributed by atoms with Gasteiger partial charge in [-0.25, -0.2) is 4.68 Å². The summed E-state index contributed by atoms with van der Waals surface area (Å²) in [6.07, 6.45) is 5.25. The predicted molar refractivity (Wildman–Crippen MR) is 105 cm³/mol. The lowest BCUT2D eigenvalue weighted by atomic mass is 9.98. The molecule has 2 aromatic rings. The van der Waals surface area contributed by atoms with Crippen molar-refractivity contribution in [2.24, 2.45) is 11.7 Å². The largest absolute Gasteiger partial charge is 0.372 e. The van der Waals surface area contributed by atoms with Gasteiger partial charge >= 0.3 is 0 Å². The molecule has 2 aliphatic rings. The Morgan fingerprint density at radius 3 is 2.56 bits per heavy atom. The molecule has 0 radical (unpaired) electrons. The van der Waals surface area contributed by atoms with Crippen LogP contribution in [0.15, 0.2) is 30.5 Å². The molecule has 1 aromatic carbocycles. The van der Waals surface area contributed by atoms with Crippen molar-refractivity contribution in [3.8, 4) is 0 Å². The molecule has 4 rings (SSSR count). The maximum absolute atomic E-state index is 12.9. The molecule has 2 N–H and O–H groups in total. The summed E-state index contributed by atoms with van der Waals surface area (Å²) < 4.78 is 1.84. The van der Waals surface area contributed by atoms with Gasteiger partial charge in [-0.2, -0.15) is 0 Å². The Kier molecular flexibility index (Phi) is 5.11. The molecule has 1 atom stereocenters. The molecule has 0 bridgehead atoms. The lowest BCUT2D eigenvalue weighted by Crippen LogP contribution is -2.33. The summed E-state index contributed by atoms with van der Waals surface area (Å²) >= 11 is 0. The van der Waals surface area contributed by atoms with Gasteiger partial charge in [-0.3, -0.25) is 4.79 Å². The second kappa shape index (κ2) is 7.68. The van der Waals surface area contributed by atoms with Crippen LogP contribution in [0.4, 0.5) is 5.69 Å². The first-order valence-electron chi connectivity index (χ1n) is 9.89. The molecule has 0 aliphatic carbocycles. The van der Waals surface area contributed by atoms with E-state index >= 15 is 0 Å². The highest BCUT2D eigenvalue weighted by molar-refractivity contribution is 5.94. The van der Waals surface area contributed by atoms with Gasteiger partial charge in [0.25, 0.3) is 5.91 Å². The SMILES string of the molecule is CC1CCN(c2ccc(C(=O)N3CCC(n4cc(CN)nn4)C3)cc2)CC1. The van der Waals surface area contributed by atoms with Crippen LogP contribution in [-0.2, 0) is 6.54 Å². The second-order valence-electron chi connectivity index (χ2n) is 7.80. The van der Waals surface area contributed by atoms with Crippen molar-refractivity contribution in [3.05, 3.63) is 41.7 Å². The molecular weight excluding hydrogens is 340 g/mol. The van der Waals surface area contributed by atoms with E-state index < -0.39 is 0 Å². The van der Waals surface area contributed by atoms with Crippen LogP contribution in [-0.4, -0.2) is 52.0 Å². The average molecular weight is 368 g/mol. The summed E-state index contributed by atoms with van der Waals surface area (Å²) in [5.74, 6) is 0.909. The van der Waals surface area contributed by atoms with Gasteiger partial charge in [0, 0.05) is 44.0 Å². The minimum atomic E-state index is 0.0930. The van der Waals surface area contributed by atoms with Crippen molar-refractivity contribution in [2.75, 3.05) is 31.1 Å².